The second-order valence-corrected chi connectivity index (χ2v) is 13.3. The Balaban J connectivity index is 0.905. The van der Waals surface area contributed by atoms with Crippen molar-refractivity contribution in [1.29, 1.82) is 0 Å². The van der Waals surface area contributed by atoms with Gasteiger partial charge in [-0.25, -0.2) is 4.98 Å². The van der Waals surface area contributed by atoms with Gasteiger partial charge < -0.3 is 9.88 Å². The molecule has 0 radical (unpaired) electrons. The SMILES string of the molecule is CC(C)n1ccc2ccc(-c3cn([C@H]4C[C@H](CNc5ccc6c(c5)CN(C5CCC(=O)NC5=O)C6)C4)nc3C3CC3)nc21. The first-order valence-electron chi connectivity index (χ1n) is 15.9. The molecule has 8 rings (SSSR count). The lowest BCUT2D eigenvalue weighted by Crippen LogP contribution is -2.50. The lowest BCUT2D eigenvalue weighted by Gasteiger charge is -2.35. The summed E-state index contributed by atoms with van der Waals surface area (Å²) < 4.78 is 4.48. The van der Waals surface area contributed by atoms with E-state index in [1.54, 1.807) is 0 Å². The summed E-state index contributed by atoms with van der Waals surface area (Å²) in [5.41, 5.74) is 8.18. The molecular formula is C34H39N7O2. The van der Waals surface area contributed by atoms with Crippen LogP contribution in [0.2, 0.25) is 0 Å². The fourth-order valence-electron chi connectivity index (χ4n) is 7.17. The van der Waals surface area contributed by atoms with Crippen molar-refractivity contribution in [2.75, 3.05) is 11.9 Å². The Kier molecular flexibility index (Phi) is 6.40. The Morgan fingerprint density at radius 1 is 1.02 bits per heavy atom. The van der Waals surface area contributed by atoms with Crippen LogP contribution in [0.15, 0.2) is 48.8 Å². The second-order valence-electron chi connectivity index (χ2n) is 13.3. The molecule has 3 fully saturated rings. The third-order valence-electron chi connectivity index (χ3n) is 9.91. The Morgan fingerprint density at radius 3 is 2.65 bits per heavy atom. The predicted molar refractivity (Wildman–Crippen MR) is 165 cm³/mol. The van der Waals surface area contributed by atoms with Crippen LogP contribution in [0, 0.1) is 5.92 Å². The van der Waals surface area contributed by atoms with Gasteiger partial charge in [-0.3, -0.25) is 24.5 Å². The first kappa shape index (κ1) is 26.6. The first-order chi connectivity index (χ1) is 20.9. The monoisotopic (exact) mass is 577 g/mol. The number of aromatic nitrogens is 4. The van der Waals surface area contributed by atoms with Crippen molar-refractivity contribution in [2.24, 2.45) is 5.92 Å². The summed E-state index contributed by atoms with van der Waals surface area (Å²) in [5, 5.41) is 12.5. The standard InChI is InChI=1S/C34H39N7O2/c1-20(2)40-12-11-23-6-8-29(36-33(23)40)28-19-41(38-32(28)22-3-4-22)27-13-21(14-27)16-35-26-7-5-24-17-39(18-25(24)15-26)30-9-10-31(42)37-34(30)43/h5-8,11-12,15,19-22,27,30,35H,3-4,9-10,13-14,16-18H2,1-2H3,(H,37,42,43)/t21-,27-,30?. The molecule has 1 atom stereocenters. The molecule has 1 unspecified atom stereocenters. The Labute approximate surface area is 251 Å². The molecule has 2 amide bonds. The quantitative estimate of drug-likeness (QED) is 0.267. The van der Waals surface area contributed by atoms with Gasteiger partial charge in [0.25, 0.3) is 0 Å². The predicted octanol–water partition coefficient (Wildman–Crippen LogP) is 5.54. The highest BCUT2D eigenvalue weighted by Crippen LogP contribution is 2.46. The van der Waals surface area contributed by atoms with E-state index >= 15 is 0 Å². The number of pyridine rings is 1. The second kappa shape index (κ2) is 10.3. The summed E-state index contributed by atoms with van der Waals surface area (Å²) in [5.74, 6) is 0.855. The van der Waals surface area contributed by atoms with Crippen LogP contribution in [0.3, 0.4) is 0 Å². The van der Waals surface area contributed by atoms with E-state index in [4.69, 9.17) is 10.1 Å². The molecule has 222 valence electrons. The van der Waals surface area contributed by atoms with Crippen LogP contribution in [0.1, 0.15) is 87.2 Å². The molecule has 43 heavy (non-hydrogen) atoms. The maximum absolute atomic E-state index is 12.4. The number of anilines is 1. The maximum atomic E-state index is 12.4. The van der Waals surface area contributed by atoms with Crippen LogP contribution in [0.5, 0.6) is 0 Å². The average molecular weight is 578 g/mol. The van der Waals surface area contributed by atoms with E-state index in [-0.39, 0.29) is 17.9 Å². The Bertz CT molecular complexity index is 1730. The van der Waals surface area contributed by atoms with Crippen LogP contribution >= 0.6 is 0 Å². The number of carbonyl (C=O) groups is 2. The van der Waals surface area contributed by atoms with E-state index in [0.29, 0.717) is 36.8 Å². The van der Waals surface area contributed by atoms with Gasteiger partial charge in [0, 0.05) is 67.0 Å². The number of rotatable bonds is 8. The van der Waals surface area contributed by atoms with E-state index in [1.165, 1.54) is 40.6 Å². The fraction of sp³-hybridized carbons (Fsp3) is 0.471. The smallest absolute Gasteiger partial charge is 0.243 e. The molecule has 1 aromatic carbocycles. The molecule has 5 heterocycles. The number of imide groups is 1. The van der Waals surface area contributed by atoms with Crippen molar-refractivity contribution < 1.29 is 9.59 Å². The van der Waals surface area contributed by atoms with Gasteiger partial charge in [-0.15, -0.1) is 0 Å². The molecule has 0 spiro atoms. The number of hydrogen-bond acceptors (Lipinski definition) is 6. The van der Waals surface area contributed by atoms with Crippen molar-refractivity contribution in [2.45, 2.75) is 89.5 Å². The van der Waals surface area contributed by atoms with Gasteiger partial charge in [0.1, 0.15) is 5.65 Å². The molecule has 2 aliphatic carbocycles. The molecule has 1 saturated heterocycles. The van der Waals surface area contributed by atoms with Gasteiger partial charge in [0.15, 0.2) is 0 Å². The number of piperidine rings is 1. The molecule has 9 heteroatoms. The van der Waals surface area contributed by atoms with Gasteiger partial charge in [-0.2, -0.15) is 5.10 Å². The molecule has 2 aliphatic heterocycles. The number of nitrogens with one attached hydrogen (secondary N) is 2. The Morgan fingerprint density at radius 2 is 1.86 bits per heavy atom. The Hall–Kier alpha value is -3.98. The molecule has 9 nitrogen and oxygen atoms in total. The van der Waals surface area contributed by atoms with Gasteiger partial charge in [0.05, 0.1) is 23.5 Å². The first-order valence-corrected chi connectivity index (χ1v) is 15.9. The van der Waals surface area contributed by atoms with Crippen molar-refractivity contribution in [1.82, 2.24) is 29.5 Å². The molecule has 2 saturated carbocycles. The number of fused-ring (bicyclic) bond motifs is 2. The van der Waals surface area contributed by atoms with Crippen molar-refractivity contribution in [3.05, 3.63) is 65.6 Å². The van der Waals surface area contributed by atoms with Crippen LogP contribution < -0.4 is 10.6 Å². The van der Waals surface area contributed by atoms with Gasteiger partial charge >= 0.3 is 0 Å². The summed E-state index contributed by atoms with van der Waals surface area (Å²) >= 11 is 0. The zero-order valence-corrected chi connectivity index (χ0v) is 24.9. The third-order valence-corrected chi connectivity index (χ3v) is 9.91. The maximum Gasteiger partial charge on any atom is 0.243 e. The summed E-state index contributed by atoms with van der Waals surface area (Å²) in [7, 11) is 0. The number of nitrogens with zero attached hydrogens (tertiary/aromatic N) is 5. The van der Waals surface area contributed by atoms with Gasteiger partial charge in [-0.05, 0) is 93.3 Å². The number of hydrogen-bond donors (Lipinski definition) is 2. The van der Waals surface area contributed by atoms with Crippen LogP contribution in [-0.4, -0.2) is 48.6 Å². The number of benzene rings is 1. The van der Waals surface area contributed by atoms with E-state index in [1.807, 2.05) is 0 Å². The summed E-state index contributed by atoms with van der Waals surface area (Å²) in [6.45, 7) is 6.85. The number of carbonyl (C=O) groups excluding carboxylic acids is 2. The lowest BCUT2D eigenvalue weighted by molar-refractivity contribution is -0.137. The zero-order chi connectivity index (χ0) is 29.2. The molecule has 4 aliphatic rings. The van der Waals surface area contributed by atoms with Crippen LogP contribution in [0.25, 0.3) is 22.3 Å². The van der Waals surface area contributed by atoms with Gasteiger partial charge in [0.2, 0.25) is 11.8 Å². The highest BCUT2D eigenvalue weighted by atomic mass is 16.2. The van der Waals surface area contributed by atoms with E-state index in [9.17, 15) is 9.59 Å². The molecule has 2 N–H and O–H groups in total. The summed E-state index contributed by atoms with van der Waals surface area (Å²) in [4.78, 5) is 31.2. The lowest BCUT2D eigenvalue weighted by atomic mass is 9.80. The highest BCUT2D eigenvalue weighted by molar-refractivity contribution is 6.00. The zero-order valence-electron chi connectivity index (χ0n) is 24.9. The summed E-state index contributed by atoms with van der Waals surface area (Å²) in [6.07, 6.45) is 10.1. The fourth-order valence-corrected chi connectivity index (χ4v) is 7.17. The van der Waals surface area contributed by atoms with Gasteiger partial charge in [-0.1, -0.05) is 6.07 Å². The third kappa shape index (κ3) is 4.93. The van der Waals surface area contributed by atoms with Crippen molar-refractivity contribution >= 4 is 28.5 Å². The van der Waals surface area contributed by atoms with E-state index < -0.39 is 0 Å². The van der Waals surface area contributed by atoms with Crippen molar-refractivity contribution in [3.63, 3.8) is 0 Å². The topological polar surface area (TPSA) is 97.1 Å². The van der Waals surface area contributed by atoms with E-state index in [2.05, 4.69) is 87.4 Å². The summed E-state index contributed by atoms with van der Waals surface area (Å²) in [6, 6.07) is 13.7. The molecular weight excluding hydrogens is 538 g/mol. The number of amides is 2. The molecule has 4 aromatic rings. The van der Waals surface area contributed by atoms with Crippen molar-refractivity contribution in [3.8, 4) is 11.3 Å². The minimum Gasteiger partial charge on any atom is -0.385 e. The average Bonchev–Trinajstić information content (AvgIpc) is 3.37. The molecule has 3 aromatic heterocycles. The highest BCUT2D eigenvalue weighted by Gasteiger charge is 2.36. The van der Waals surface area contributed by atoms with Crippen LogP contribution in [0.4, 0.5) is 5.69 Å². The van der Waals surface area contributed by atoms with E-state index in [0.717, 1.165) is 49.5 Å². The normalized spacial score (nSPS) is 23.9. The largest absolute Gasteiger partial charge is 0.385 e. The molecule has 0 bridgehead atoms. The van der Waals surface area contributed by atoms with Crippen LogP contribution in [-0.2, 0) is 22.7 Å². The minimum atomic E-state index is -0.220. The minimum absolute atomic E-state index is 0.158.